The molecular weight excluding hydrogens is 444 g/mol. The van der Waals surface area contributed by atoms with Crippen molar-refractivity contribution in [2.75, 3.05) is 6.79 Å². The van der Waals surface area contributed by atoms with Gasteiger partial charge in [0.25, 0.3) is 0 Å². The zero-order chi connectivity index (χ0) is 22.1. The molecule has 32 heavy (non-hydrogen) atoms. The molecule has 0 amide bonds. The summed E-state index contributed by atoms with van der Waals surface area (Å²) in [5.41, 5.74) is 4.38. The average Bonchev–Trinajstić information content (AvgIpc) is 3.53. The second kappa shape index (κ2) is 8.84. The Morgan fingerprint density at radius 2 is 2.00 bits per heavy atom. The highest BCUT2D eigenvalue weighted by Gasteiger charge is 2.16. The normalized spacial score (nSPS) is 12.3. The zero-order valence-corrected chi connectivity index (χ0v) is 19.6. The summed E-state index contributed by atoms with van der Waals surface area (Å²) in [6, 6.07) is 12.0. The fourth-order valence-electron chi connectivity index (χ4n) is 3.29. The van der Waals surface area contributed by atoms with Crippen LogP contribution in [0.5, 0.6) is 17.2 Å². The predicted octanol–water partition coefficient (Wildman–Crippen LogP) is 5.16. The van der Waals surface area contributed by atoms with E-state index in [1.807, 2.05) is 41.9 Å². The minimum absolute atomic E-state index is 0.272. The number of rotatable bonds is 7. The zero-order valence-electron chi connectivity index (χ0n) is 18.0. The molecule has 1 aliphatic rings. The third kappa shape index (κ3) is 4.18. The second-order valence-electron chi connectivity index (χ2n) is 7.45. The van der Waals surface area contributed by atoms with Crippen LogP contribution in [0.15, 0.2) is 46.9 Å². The van der Waals surface area contributed by atoms with Gasteiger partial charge in [-0.05, 0) is 49.2 Å². The maximum atomic E-state index is 5.98. The van der Waals surface area contributed by atoms with E-state index in [9.17, 15) is 0 Å². The fraction of sp³-hybridized carbons (Fsp3) is 0.261. The Morgan fingerprint density at radius 1 is 1.12 bits per heavy atom. The third-order valence-electron chi connectivity index (χ3n) is 5.36. The molecule has 0 radical (unpaired) electrons. The lowest BCUT2D eigenvalue weighted by atomic mass is 10.1. The van der Waals surface area contributed by atoms with Crippen LogP contribution in [0.1, 0.15) is 22.6 Å². The van der Waals surface area contributed by atoms with Gasteiger partial charge < -0.3 is 18.8 Å². The van der Waals surface area contributed by atoms with Gasteiger partial charge in [-0.3, -0.25) is 0 Å². The Morgan fingerprint density at radius 3 is 2.91 bits per heavy atom. The largest absolute Gasteiger partial charge is 0.485 e. The summed E-state index contributed by atoms with van der Waals surface area (Å²) in [6.45, 7) is 4.79. The van der Waals surface area contributed by atoms with Crippen molar-refractivity contribution in [1.82, 2.24) is 19.7 Å². The van der Waals surface area contributed by atoms with Gasteiger partial charge in [0.2, 0.25) is 6.79 Å². The SMILES string of the molecule is Cc1cccc(OCc2nnc(SCc3csc(-c4ccc5c(c4)OCO5)n3)n2C)c1C. The van der Waals surface area contributed by atoms with E-state index in [1.165, 1.54) is 5.56 Å². The van der Waals surface area contributed by atoms with Crippen LogP contribution < -0.4 is 14.2 Å². The van der Waals surface area contributed by atoms with Crippen LogP contribution in [-0.4, -0.2) is 26.5 Å². The van der Waals surface area contributed by atoms with Crippen molar-refractivity contribution in [2.24, 2.45) is 7.05 Å². The lowest BCUT2D eigenvalue weighted by Crippen LogP contribution is -2.05. The molecule has 0 atom stereocenters. The molecule has 0 spiro atoms. The smallest absolute Gasteiger partial charge is 0.231 e. The maximum Gasteiger partial charge on any atom is 0.231 e. The molecule has 9 heteroatoms. The average molecular weight is 467 g/mol. The molecule has 4 aromatic rings. The highest BCUT2D eigenvalue weighted by Crippen LogP contribution is 2.37. The standard InChI is InChI=1S/C23H22N4O3S2/c1-14-5-4-6-18(15(14)2)28-10-21-25-26-23(27(21)3)32-12-17-11-31-22(24-17)16-7-8-19-20(9-16)30-13-29-19/h4-9,11H,10,12-13H2,1-3H3. The highest BCUT2D eigenvalue weighted by atomic mass is 32.2. The summed E-state index contributed by atoms with van der Waals surface area (Å²) in [5, 5.41) is 12.5. The first-order valence-corrected chi connectivity index (χ1v) is 12.0. The first-order chi connectivity index (χ1) is 15.6. The van der Waals surface area contributed by atoms with Gasteiger partial charge in [-0.15, -0.1) is 21.5 Å². The Balaban J connectivity index is 1.21. The molecule has 164 valence electrons. The Hall–Kier alpha value is -3.04. The molecule has 2 aromatic carbocycles. The van der Waals surface area contributed by atoms with Crippen LogP contribution in [-0.2, 0) is 19.4 Å². The van der Waals surface area contributed by atoms with Crippen LogP contribution in [0.4, 0.5) is 0 Å². The number of aromatic nitrogens is 4. The monoisotopic (exact) mass is 466 g/mol. The van der Waals surface area contributed by atoms with E-state index >= 15 is 0 Å². The van der Waals surface area contributed by atoms with E-state index < -0.39 is 0 Å². The van der Waals surface area contributed by atoms with Crippen molar-refractivity contribution in [1.29, 1.82) is 0 Å². The van der Waals surface area contributed by atoms with Crippen LogP contribution in [0, 0.1) is 13.8 Å². The topological polar surface area (TPSA) is 71.3 Å². The van der Waals surface area contributed by atoms with Crippen LogP contribution in [0.3, 0.4) is 0 Å². The quantitative estimate of drug-likeness (QED) is 0.349. The van der Waals surface area contributed by atoms with E-state index in [0.717, 1.165) is 50.1 Å². The van der Waals surface area contributed by atoms with Gasteiger partial charge in [-0.25, -0.2) is 4.98 Å². The van der Waals surface area contributed by atoms with Gasteiger partial charge in [0.15, 0.2) is 22.5 Å². The minimum atomic E-state index is 0.272. The number of nitrogens with zero attached hydrogens (tertiary/aromatic N) is 4. The second-order valence-corrected chi connectivity index (χ2v) is 9.25. The van der Waals surface area contributed by atoms with Gasteiger partial charge >= 0.3 is 0 Å². The van der Waals surface area contributed by atoms with Crippen molar-refractivity contribution >= 4 is 23.1 Å². The molecule has 0 aliphatic carbocycles. The summed E-state index contributed by atoms with van der Waals surface area (Å²) in [4.78, 5) is 4.77. The molecule has 0 saturated carbocycles. The molecule has 0 saturated heterocycles. The number of aryl methyl sites for hydroxylation is 1. The number of benzene rings is 2. The summed E-state index contributed by atoms with van der Waals surface area (Å²) in [7, 11) is 1.96. The van der Waals surface area contributed by atoms with Crippen molar-refractivity contribution in [2.45, 2.75) is 31.4 Å². The molecule has 0 unspecified atom stereocenters. The van der Waals surface area contributed by atoms with Gasteiger partial charge in [0.05, 0.1) is 5.69 Å². The van der Waals surface area contributed by atoms with Crippen molar-refractivity contribution in [3.05, 3.63) is 64.4 Å². The summed E-state index contributed by atoms with van der Waals surface area (Å²) in [6.07, 6.45) is 0. The Kier molecular flexibility index (Phi) is 5.75. The molecule has 0 fully saturated rings. The lowest BCUT2D eigenvalue weighted by molar-refractivity contribution is 0.174. The first-order valence-electron chi connectivity index (χ1n) is 10.1. The minimum Gasteiger partial charge on any atom is -0.485 e. The highest BCUT2D eigenvalue weighted by molar-refractivity contribution is 7.98. The Bertz CT molecular complexity index is 1270. The first kappa shape index (κ1) is 20.8. The third-order valence-corrected chi connectivity index (χ3v) is 7.35. The molecule has 1 aliphatic heterocycles. The van der Waals surface area contributed by atoms with E-state index in [-0.39, 0.29) is 6.79 Å². The Labute approximate surface area is 194 Å². The van der Waals surface area contributed by atoms with Crippen molar-refractivity contribution in [3.8, 4) is 27.8 Å². The molecular formula is C23H22N4O3S2. The molecule has 3 heterocycles. The number of ether oxygens (including phenoxy) is 3. The van der Waals surface area contributed by atoms with E-state index in [0.29, 0.717) is 12.4 Å². The van der Waals surface area contributed by atoms with Gasteiger partial charge in [-0.2, -0.15) is 0 Å². The number of thioether (sulfide) groups is 1. The summed E-state index contributed by atoms with van der Waals surface area (Å²) >= 11 is 3.23. The number of hydrogen-bond acceptors (Lipinski definition) is 8. The fourth-order valence-corrected chi connectivity index (χ4v) is 5.04. The molecule has 0 bridgehead atoms. The van der Waals surface area contributed by atoms with Crippen LogP contribution in [0.2, 0.25) is 0 Å². The molecule has 7 nitrogen and oxygen atoms in total. The van der Waals surface area contributed by atoms with Gasteiger partial charge in [0.1, 0.15) is 17.4 Å². The maximum absolute atomic E-state index is 5.98. The van der Waals surface area contributed by atoms with E-state index in [1.54, 1.807) is 23.1 Å². The molecule has 5 rings (SSSR count). The summed E-state index contributed by atoms with van der Waals surface area (Å²) < 4.78 is 18.8. The molecule has 2 aromatic heterocycles. The van der Waals surface area contributed by atoms with Crippen molar-refractivity contribution < 1.29 is 14.2 Å². The number of fused-ring (bicyclic) bond motifs is 1. The van der Waals surface area contributed by atoms with Crippen LogP contribution in [0.25, 0.3) is 10.6 Å². The molecule has 0 N–H and O–H groups in total. The number of hydrogen-bond donors (Lipinski definition) is 0. The van der Waals surface area contributed by atoms with E-state index in [4.69, 9.17) is 19.2 Å². The van der Waals surface area contributed by atoms with Gasteiger partial charge in [-0.1, -0.05) is 23.9 Å². The lowest BCUT2D eigenvalue weighted by Gasteiger charge is -2.10. The predicted molar refractivity (Wildman–Crippen MR) is 124 cm³/mol. The van der Waals surface area contributed by atoms with Crippen molar-refractivity contribution in [3.63, 3.8) is 0 Å². The number of thiazole rings is 1. The van der Waals surface area contributed by atoms with Crippen LogP contribution >= 0.6 is 23.1 Å². The summed E-state index contributed by atoms with van der Waals surface area (Å²) in [5.74, 6) is 3.92. The van der Waals surface area contributed by atoms with Gasteiger partial charge in [0, 0.05) is 23.7 Å². The van der Waals surface area contributed by atoms with E-state index in [2.05, 4.69) is 35.5 Å².